The minimum atomic E-state index is -0.366. The maximum Gasteiger partial charge on any atom is 0.310 e. The van der Waals surface area contributed by atoms with Crippen LogP contribution in [0, 0.1) is 5.41 Å². The highest BCUT2D eigenvalue weighted by Gasteiger charge is 2.33. The molecule has 0 aromatic rings. The molecule has 1 aliphatic carbocycles. The molecule has 0 fully saturated rings. The summed E-state index contributed by atoms with van der Waals surface area (Å²) < 4.78 is 10.6. The van der Waals surface area contributed by atoms with Gasteiger partial charge in [0.15, 0.2) is 0 Å². The van der Waals surface area contributed by atoms with Gasteiger partial charge in [0.25, 0.3) is 0 Å². The fourth-order valence-electron chi connectivity index (χ4n) is 3.41. The van der Waals surface area contributed by atoms with Gasteiger partial charge in [0.2, 0.25) is 0 Å². The van der Waals surface area contributed by atoms with Crippen LogP contribution in [0.5, 0.6) is 0 Å². The standard InChI is InChI=1S/C25H36O4/c1-8-9-11-19(4)14-15-21-20(5)22(16-17-25(21,6)7)29-24(27)13-10-12-23(26)28-18(2)3/h8-9,11,14-15,22H,2,10,12-13,16-17H2,1,3-7H3/b9-8+,15-14+,19-11+. The Balaban J connectivity index is 2.76. The van der Waals surface area contributed by atoms with E-state index in [0.717, 1.165) is 18.4 Å². The first-order chi connectivity index (χ1) is 13.6. The molecule has 1 aliphatic rings. The van der Waals surface area contributed by atoms with Crippen molar-refractivity contribution in [2.45, 2.75) is 79.8 Å². The van der Waals surface area contributed by atoms with Crippen molar-refractivity contribution >= 4 is 11.9 Å². The summed E-state index contributed by atoms with van der Waals surface area (Å²) in [7, 11) is 0. The van der Waals surface area contributed by atoms with Gasteiger partial charge < -0.3 is 9.47 Å². The van der Waals surface area contributed by atoms with E-state index in [4.69, 9.17) is 9.47 Å². The third-order valence-electron chi connectivity index (χ3n) is 5.06. The zero-order valence-electron chi connectivity index (χ0n) is 18.8. The third-order valence-corrected chi connectivity index (χ3v) is 5.06. The lowest BCUT2D eigenvalue weighted by Crippen LogP contribution is -2.30. The number of carbonyl (C=O) groups is 2. The molecule has 0 aromatic carbocycles. The molecule has 4 heteroatoms. The molecular weight excluding hydrogens is 364 g/mol. The van der Waals surface area contributed by atoms with Gasteiger partial charge in [-0.1, -0.05) is 56.4 Å². The maximum absolute atomic E-state index is 12.3. The van der Waals surface area contributed by atoms with Gasteiger partial charge in [-0.05, 0) is 63.5 Å². The molecule has 4 nitrogen and oxygen atoms in total. The monoisotopic (exact) mass is 400 g/mol. The highest BCUT2D eigenvalue weighted by Crippen LogP contribution is 2.42. The topological polar surface area (TPSA) is 52.6 Å². The Morgan fingerprint density at radius 1 is 1.21 bits per heavy atom. The smallest absolute Gasteiger partial charge is 0.310 e. The number of ether oxygens (including phenoxy) is 2. The van der Waals surface area contributed by atoms with E-state index in [-0.39, 0.29) is 36.3 Å². The SMILES string of the molecule is C=C(C)OC(=O)CCCC(=O)OC1CCC(C)(C)C(/C=C/C(C)=C/C=C/C)=C1C. The van der Waals surface area contributed by atoms with E-state index in [1.807, 2.05) is 26.0 Å². The first kappa shape index (κ1) is 24.7. The molecule has 0 heterocycles. The van der Waals surface area contributed by atoms with Crippen LogP contribution < -0.4 is 0 Å². The van der Waals surface area contributed by atoms with Crippen LogP contribution in [0.1, 0.15) is 73.6 Å². The summed E-state index contributed by atoms with van der Waals surface area (Å²) in [4.78, 5) is 23.8. The summed E-state index contributed by atoms with van der Waals surface area (Å²) in [6.45, 7) is 15.7. The van der Waals surface area contributed by atoms with Gasteiger partial charge in [-0.2, -0.15) is 0 Å². The van der Waals surface area contributed by atoms with Gasteiger partial charge in [0, 0.05) is 12.8 Å². The predicted molar refractivity (Wildman–Crippen MR) is 118 cm³/mol. The summed E-state index contributed by atoms with van der Waals surface area (Å²) in [5.74, 6) is -0.279. The summed E-state index contributed by atoms with van der Waals surface area (Å²) in [5.41, 5.74) is 3.53. The van der Waals surface area contributed by atoms with Crippen molar-refractivity contribution in [2.24, 2.45) is 5.41 Å². The Bertz CT molecular complexity index is 732. The molecule has 0 aromatic heterocycles. The quantitative estimate of drug-likeness (QED) is 0.257. The Labute approximate surface area is 176 Å². The van der Waals surface area contributed by atoms with Crippen LogP contribution in [0.2, 0.25) is 0 Å². The summed E-state index contributed by atoms with van der Waals surface area (Å²) in [6.07, 6.45) is 12.7. The molecule has 0 aliphatic heterocycles. The molecule has 0 bridgehead atoms. The number of hydrogen-bond acceptors (Lipinski definition) is 4. The van der Waals surface area contributed by atoms with Crippen LogP contribution in [0.15, 0.2) is 59.4 Å². The first-order valence-electron chi connectivity index (χ1n) is 10.3. The van der Waals surface area contributed by atoms with Gasteiger partial charge in [-0.3, -0.25) is 9.59 Å². The Kier molecular flexibility index (Phi) is 9.87. The molecular formula is C25H36O4. The summed E-state index contributed by atoms with van der Waals surface area (Å²) in [6, 6.07) is 0. The average molecular weight is 401 g/mol. The van der Waals surface area contributed by atoms with Crippen molar-refractivity contribution in [1.82, 2.24) is 0 Å². The van der Waals surface area contributed by atoms with E-state index in [2.05, 4.69) is 45.6 Å². The lowest BCUT2D eigenvalue weighted by Gasteiger charge is -2.37. The Morgan fingerprint density at radius 3 is 2.48 bits per heavy atom. The number of esters is 2. The molecule has 1 unspecified atom stereocenters. The van der Waals surface area contributed by atoms with Crippen LogP contribution in [0.25, 0.3) is 0 Å². The second-order valence-corrected chi connectivity index (χ2v) is 8.30. The highest BCUT2D eigenvalue weighted by atomic mass is 16.5. The normalized spacial score (nSPS) is 19.7. The average Bonchev–Trinajstić information content (AvgIpc) is 2.61. The molecule has 1 rings (SSSR count). The predicted octanol–water partition coefficient (Wildman–Crippen LogP) is 6.36. The van der Waals surface area contributed by atoms with E-state index in [0.29, 0.717) is 12.2 Å². The lowest BCUT2D eigenvalue weighted by atomic mass is 9.71. The molecule has 0 radical (unpaired) electrons. The minimum absolute atomic E-state index is 0.0384. The van der Waals surface area contributed by atoms with Crippen LogP contribution in [0.3, 0.4) is 0 Å². The molecule has 0 amide bonds. The molecule has 0 saturated carbocycles. The van der Waals surface area contributed by atoms with Crippen LogP contribution in [0.4, 0.5) is 0 Å². The van der Waals surface area contributed by atoms with E-state index in [1.165, 1.54) is 11.1 Å². The van der Waals surface area contributed by atoms with Crippen LogP contribution in [-0.4, -0.2) is 18.0 Å². The molecule has 29 heavy (non-hydrogen) atoms. The van der Waals surface area contributed by atoms with Crippen molar-refractivity contribution in [2.75, 3.05) is 0 Å². The fourth-order valence-corrected chi connectivity index (χ4v) is 3.41. The second kappa shape index (κ2) is 11.6. The van der Waals surface area contributed by atoms with E-state index in [1.54, 1.807) is 6.92 Å². The van der Waals surface area contributed by atoms with Gasteiger partial charge in [0.1, 0.15) is 6.10 Å². The maximum atomic E-state index is 12.3. The third kappa shape index (κ3) is 8.68. The van der Waals surface area contributed by atoms with Crippen molar-refractivity contribution in [3.63, 3.8) is 0 Å². The van der Waals surface area contributed by atoms with Gasteiger partial charge >= 0.3 is 11.9 Å². The van der Waals surface area contributed by atoms with E-state index in [9.17, 15) is 9.59 Å². The van der Waals surface area contributed by atoms with Gasteiger partial charge in [0.05, 0.1) is 5.76 Å². The van der Waals surface area contributed by atoms with E-state index < -0.39 is 0 Å². The molecule has 160 valence electrons. The van der Waals surface area contributed by atoms with Crippen molar-refractivity contribution in [3.8, 4) is 0 Å². The second-order valence-electron chi connectivity index (χ2n) is 8.30. The Morgan fingerprint density at radius 2 is 1.86 bits per heavy atom. The largest absolute Gasteiger partial charge is 0.458 e. The minimum Gasteiger partial charge on any atom is -0.458 e. The number of allylic oxidation sites excluding steroid dienone is 8. The van der Waals surface area contributed by atoms with Crippen molar-refractivity contribution < 1.29 is 19.1 Å². The van der Waals surface area contributed by atoms with E-state index >= 15 is 0 Å². The molecule has 1 atom stereocenters. The summed E-state index contributed by atoms with van der Waals surface area (Å²) >= 11 is 0. The molecule has 0 saturated heterocycles. The fraction of sp³-hybridized carbons (Fsp3) is 0.520. The van der Waals surface area contributed by atoms with Crippen molar-refractivity contribution in [3.05, 3.63) is 59.4 Å². The zero-order chi connectivity index (χ0) is 22.0. The number of carbonyl (C=O) groups excluding carboxylic acids is 2. The van der Waals surface area contributed by atoms with Gasteiger partial charge in [-0.15, -0.1) is 0 Å². The number of hydrogen-bond donors (Lipinski definition) is 0. The Hall–Kier alpha value is -2.36. The van der Waals surface area contributed by atoms with Gasteiger partial charge in [-0.25, -0.2) is 0 Å². The zero-order valence-corrected chi connectivity index (χ0v) is 18.8. The molecule has 0 spiro atoms. The molecule has 0 N–H and O–H groups in total. The van der Waals surface area contributed by atoms with Crippen molar-refractivity contribution in [1.29, 1.82) is 0 Å². The van der Waals surface area contributed by atoms with Crippen LogP contribution >= 0.6 is 0 Å². The summed E-state index contributed by atoms with van der Waals surface area (Å²) in [5, 5.41) is 0. The van der Waals surface area contributed by atoms with Crippen LogP contribution in [-0.2, 0) is 19.1 Å². The highest BCUT2D eigenvalue weighted by molar-refractivity contribution is 5.73. The number of rotatable bonds is 9. The first-order valence-corrected chi connectivity index (χ1v) is 10.3. The lowest BCUT2D eigenvalue weighted by molar-refractivity contribution is -0.148.